The number of carbonyl (C=O) groups is 4. The van der Waals surface area contributed by atoms with Crippen molar-refractivity contribution in [3.63, 3.8) is 0 Å². The van der Waals surface area contributed by atoms with Crippen molar-refractivity contribution >= 4 is 24.0 Å². The zero-order chi connectivity index (χ0) is 19.3. The molecule has 1 aromatic rings. The maximum atomic E-state index is 12.2. The summed E-state index contributed by atoms with van der Waals surface area (Å²) >= 11 is 0. The summed E-state index contributed by atoms with van der Waals surface area (Å²) in [4.78, 5) is 48.6. The Morgan fingerprint density at radius 1 is 1.15 bits per heavy atom. The number of likely N-dealkylation sites (tertiary alicyclic amines) is 1. The summed E-state index contributed by atoms with van der Waals surface area (Å²) in [6.07, 6.45) is -2.24. The number of amides is 1. The minimum Gasteiger partial charge on any atom is -0.444 e. The van der Waals surface area contributed by atoms with Gasteiger partial charge in [0.1, 0.15) is 18.2 Å². The molecule has 1 amide bonds. The second-order valence-corrected chi connectivity index (χ2v) is 6.81. The predicted molar refractivity (Wildman–Crippen MR) is 89.1 cm³/mol. The van der Waals surface area contributed by atoms with Crippen molar-refractivity contribution in [1.29, 1.82) is 0 Å². The number of ketones is 1. The molecule has 1 aliphatic heterocycles. The molecule has 1 aromatic carbocycles. The molecule has 0 N–H and O–H groups in total. The molecule has 1 fully saturated rings. The Morgan fingerprint density at radius 2 is 1.81 bits per heavy atom. The number of Topliss-reactive ketones (excluding diaryl/α,β-unsaturated/α-hetero) is 1. The number of hydrogen-bond donors (Lipinski definition) is 0. The SMILES string of the molecule is CC(C)(C)OC(=O)N1CC(=O)C[C@@H]1C(=O)OC(=O)OCc1ccccc1. The number of benzene rings is 1. The summed E-state index contributed by atoms with van der Waals surface area (Å²) in [5.74, 6) is -1.35. The second-order valence-electron chi connectivity index (χ2n) is 6.81. The largest absolute Gasteiger partial charge is 0.516 e. The molecule has 0 bridgehead atoms. The third-order valence-electron chi connectivity index (χ3n) is 3.43. The molecule has 140 valence electrons. The highest BCUT2D eigenvalue weighted by atomic mass is 16.7. The highest BCUT2D eigenvalue weighted by molar-refractivity contribution is 5.97. The average Bonchev–Trinajstić information content (AvgIpc) is 2.94. The number of hydrogen-bond acceptors (Lipinski definition) is 7. The fraction of sp³-hybridized carbons (Fsp3) is 0.444. The van der Waals surface area contributed by atoms with E-state index in [2.05, 4.69) is 4.74 Å². The van der Waals surface area contributed by atoms with Crippen LogP contribution in [0.5, 0.6) is 0 Å². The van der Waals surface area contributed by atoms with Gasteiger partial charge in [0.25, 0.3) is 0 Å². The van der Waals surface area contributed by atoms with E-state index in [0.29, 0.717) is 0 Å². The van der Waals surface area contributed by atoms with E-state index in [4.69, 9.17) is 9.47 Å². The van der Waals surface area contributed by atoms with Crippen LogP contribution in [0, 0.1) is 0 Å². The highest BCUT2D eigenvalue weighted by Gasteiger charge is 2.42. The molecule has 0 saturated carbocycles. The van der Waals surface area contributed by atoms with Crippen LogP contribution in [-0.2, 0) is 30.4 Å². The fourth-order valence-corrected chi connectivity index (χ4v) is 2.31. The van der Waals surface area contributed by atoms with Crippen molar-refractivity contribution in [3.05, 3.63) is 35.9 Å². The van der Waals surface area contributed by atoms with Crippen molar-refractivity contribution in [2.75, 3.05) is 6.54 Å². The van der Waals surface area contributed by atoms with Gasteiger partial charge in [0.15, 0.2) is 5.78 Å². The van der Waals surface area contributed by atoms with Crippen LogP contribution in [0.1, 0.15) is 32.8 Å². The third-order valence-corrected chi connectivity index (χ3v) is 3.43. The van der Waals surface area contributed by atoms with Crippen LogP contribution in [0.2, 0.25) is 0 Å². The van der Waals surface area contributed by atoms with Gasteiger partial charge in [-0.1, -0.05) is 30.3 Å². The molecular weight excluding hydrogens is 342 g/mol. The summed E-state index contributed by atoms with van der Waals surface area (Å²) < 4.78 is 14.6. The van der Waals surface area contributed by atoms with Crippen LogP contribution >= 0.6 is 0 Å². The molecule has 2 rings (SSSR count). The first-order valence-electron chi connectivity index (χ1n) is 8.09. The van der Waals surface area contributed by atoms with E-state index >= 15 is 0 Å². The van der Waals surface area contributed by atoms with Crippen molar-refractivity contribution in [2.24, 2.45) is 0 Å². The molecule has 8 heteroatoms. The summed E-state index contributed by atoms with van der Waals surface area (Å²) in [5, 5.41) is 0. The average molecular weight is 363 g/mol. The zero-order valence-corrected chi connectivity index (χ0v) is 14.9. The van der Waals surface area contributed by atoms with E-state index in [1.807, 2.05) is 6.07 Å². The lowest BCUT2D eigenvalue weighted by Crippen LogP contribution is -2.44. The molecule has 8 nitrogen and oxygen atoms in total. The van der Waals surface area contributed by atoms with Gasteiger partial charge in [-0.25, -0.2) is 14.4 Å². The quantitative estimate of drug-likeness (QED) is 0.601. The highest BCUT2D eigenvalue weighted by Crippen LogP contribution is 2.20. The lowest BCUT2D eigenvalue weighted by molar-refractivity contribution is -0.145. The van der Waals surface area contributed by atoms with Gasteiger partial charge >= 0.3 is 18.2 Å². The van der Waals surface area contributed by atoms with Crippen LogP contribution < -0.4 is 0 Å². The van der Waals surface area contributed by atoms with Crippen LogP contribution in [-0.4, -0.2) is 47.1 Å². The number of carbonyl (C=O) groups excluding carboxylic acids is 4. The molecule has 0 aromatic heterocycles. The first-order chi connectivity index (χ1) is 12.2. The second kappa shape index (κ2) is 7.99. The lowest BCUT2D eigenvalue weighted by atomic mass is 10.2. The maximum Gasteiger partial charge on any atom is 0.516 e. The van der Waals surface area contributed by atoms with Crippen molar-refractivity contribution < 1.29 is 33.4 Å². The first-order valence-corrected chi connectivity index (χ1v) is 8.09. The van der Waals surface area contributed by atoms with E-state index in [1.54, 1.807) is 45.0 Å². The summed E-state index contributed by atoms with van der Waals surface area (Å²) in [6, 6.07) is 7.65. The summed E-state index contributed by atoms with van der Waals surface area (Å²) in [6.45, 7) is 4.66. The maximum absolute atomic E-state index is 12.2. The topological polar surface area (TPSA) is 99.2 Å². The van der Waals surface area contributed by atoms with E-state index < -0.39 is 29.9 Å². The van der Waals surface area contributed by atoms with E-state index in [0.717, 1.165) is 10.5 Å². The van der Waals surface area contributed by atoms with Crippen LogP contribution in [0.15, 0.2) is 30.3 Å². The number of esters is 1. The Morgan fingerprint density at radius 3 is 2.42 bits per heavy atom. The Labute approximate surface area is 151 Å². The minimum absolute atomic E-state index is 0.0632. The molecule has 0 unspecified atom stereocenters. The molecule has 0 aliphatic carbocycles. The third kappa shape index (κ3) is 5.58. The molecule has 0 radical (unpaired) electrons. The summed E-state index contributed by atoms with van der Waals surface area (Å²) in [5.41, 5.74) is -0.0606. The molecular formula is C18H21NO7. The number of nitrogens with zero attached hydrogens (tertiary/aromatic N) is 1. The lowest BCUT2D eigenvalue weighted by Gasteiger charge is -2.26. The minimum atomic E-state index is -1.21. The standard InChI is InChI=1S/C18H21NO7/c1-18(2,3)26-16(22)19-10-13(20)9-14(19)15(21)25-17(23)24-11-12-7-5-4-6-8-12/h4-8,14H,9-11H2,1-3H3/t14-/m1/s1. The molecule has 26 heavy (non-hydrogen) atoms. The van der Waals surface area contributed by atoms with E-state index in [9.17, 15) is 19.2 Å². The van der Waals surface area contributed by atoms with Crippen molar-refractivity contribution in [3.8, 4) is 0 Å². The van der Waals surface area contributed by atoms with Crippen LogP contribution in [0.3, 0.4) is 0 Å². The van der Waals surface area contributed by atoms with Crippen molar-refractivity contribution in [1.82, 2.24) is 4.90 Å². The molecule has 1 heterocycles. The predicted octanol–water partition coefficient (Wildman–Crippen LogP) is 2.44. The Bertz CT molecular complexity index is 693. The number of ether oxygens (including phenoxy) is 3. The monoisotopic (exact) mass is 363 g/mol. The molecule has 1 saturated heterocycles. The Balaban J connectivity index is 1.92. The van der Waals surface area contributed by atoms with Crippen LogP contribution in [0.4, 0.5) is 9.59 Å². The fourth-order valence-electron chi connectivity index (χ4n) is 2.31. The molecule has 1 atom stereocenters. The Kier molecular flexibility index (Phi) is 5.97. The van der Waals surface area contributed by atoms with E-state index in [-0.39, 0.29) is 25.4 Å². The van der Waals surface area contributed by atoms with Crippen molar-refractivity contribution in [2.45, 2.75) is 45.4 Å². The first kappa shape index (κ1) is 19.4. The van der Waals surface area contributed by atoms with Gasteiger partial charge in [-0.15, -0.1) is 0 Å². The smallest absolute Gasteiger partial charge is 0.444 e. The van der Waals surface area contributed by atoms with Gasteiger partial charge in [-0.05, 0) is 26.3 Å². The zero-order valence-electron chi connectivity index (χ0n) is 14.9. The normalized spacial score (nSPS) is 17.0. The van der Waals surface area contributed by atoms with Gasteiger partial charge in [0.05, 0.1) is 6.54 Å². The van der Waals surface area contributed by atoms with Gasteiger partial charge in [0.2, 0.25) is 0 Å². The molecule has 0 spiro atoms. The van der Waals surface area contributed by atoms with Gasteiger partial charge < -0.3 is 14.2 Å². The molecule has 1 aliphatic rings. The summed E-state index contributed by atoms with van der Waals surface area (Å²) in [7, 11) is 0. The van der Waals surface area contributed by atoms with E-state index in [1.165, 1.54) is 0 Å². The van der Waals surface area contributed by atoms with Crippen LogP contribution in [0.25, 0.3) is 0 Å². The Hall–Kier alpha value is -2.90. The van der Waals surface area contributed by atoms with Gasteiger partial charge in [-0.3, -0.25) is 9.69 Å². The van der Waals surface area contributed by atoms with Gasteiger partial charge in [0, 0.05) is 6.42 Å². The number of rotatable bonds is 3. The van der Waals surface area contributed by atoms with Gasteiger partial charge in [-0.2, -0.15) is 0 Å².